The average molecular weight is 244 g/mol. The number of hydrogen-bond acceptors (Lipinski definition) is 1. The predicted molar refractivity (Wildman–Crippen MR) is 74.4 cm³/mol. The normalized spacial score (nSPS) is 31.8. The second-order valence-corrected chi connectivity index (χ2v) is 6.61. The molecule has 1 aromatic rings. The van der Waals surface area contributed by atoms with Crippen molar-refractivity contribution in [2.24, 2.45) is 17.8 Å². The van der Waals surface area contributed by atoms with Gasteiger partial charge in [0, 0.05) is 0 Å². The molecule has 0 amide bonds. The van der Waals surface area contributed by atoms with E-state index in [0.29, 0.717) is 0 Å². The molecule has 1 N–H and O–H groups in total. The fourth-order valence-corrected chi connectivity index (χ4v) is 4.29. The van der Waals surface area contributed by atoms with E-state index < -0.39 is 0 Å². The van der Waals surface area contributed by atoms with Crippen molar-refractivity contribution >= 4 is 0 Å². The third-order valence-corrected chi connectivity index (χ3v) is 5.04. The lowest BCUT2D eigenvalue weighted by Crippen LogP contribution is -2.14. The number of aliphatic hydroxyl groups excluding tert-OH is 1. The first-order valence-electron chi connectivity index (χ1n) is 7.38. The van der Waals surface area contributed by atoms with Crippen LogP contribution in [0, 0.1) is 31.6 Å². The number of rotatable bonds is 3. The van der Waals surface area contributed by atoms with Gasteiger partial charge in [0.25, 0.3) is 0 Å². The summed E-state index contributed by atoms with van der Waals surface area (Å²) in [5, 5.41) is 10.5. The van der Waals surface area contributed by atoms with Gasteiger partial charge in [-0.05, 0) is 62.8 Å². The van der Waals surface area contributed by atoms with Crippen LogP contribution in [0.4, 0.5) is 0 Å². The Kier molecular flexibility index (Phi) is 3.19. The van der Waals surface area contributed by atoms with Gasteiger partial charge in [-0.1, -0.05) is 35.7 Å². The number of hydrogen-bond donors (Lipinski definition) is 1. The molecule has 2 bridgehead atoms. The van der Waals surface area contributed by atoms with Crippen molar-refractivity contribution in [3.63, 3.8) is 0 Å². The van der Waals surface area contributed by atoms with Crippen LogP contribution < -0.4 is 0 Å². The quantitative estimate of drug-likeness (QED) is 0.846. The maximum Gasteiger partial charge on any atom is 0.0793 e. The highest BCUT2D eigenvalue weighted by molar-refractivity contribution is 5.30. The van der Waals surface area contributed by atoms with E-state index in [1.54, 1.807) is 0 Å². The van der Waals surface area contributed by atoms with E-state index in [0.717, 1.165) is 29.7 Å². The molecule has 2 aliphatic rings. The molecule has 0 radical (unpaired) electrons. The maximum atomic E-state index is 10.5. The Morgan fingerprint density at radius 2 is 1.83 bits per heavy atom. The highest BCUT2D eigenvalue weighted by Crippen LogP contribution is 2.50. The maximum absolute atomic E-state index is 10.5. The van der Waals surface area contributed by atoms with Gasteiger partial charge in [-0.25, -0.2) is 0 Å². The number of aryl methyl sites for hydroxylation is 2. The summed E-state index contributed by atoms with van der Waals surface area (Å²) in [7, 11) is 0. The molecule has 98 valence electrons. The smallest absolute Gasteiger partial charge is 0.0793 e. The van der Waals surface area contributed by atoms with Crippen LogP contribution in [-0.2, 0) is 0 Å². The van der Waals surface area contributed by atoms with Crippen molar-refractivity contribution in [2.75, 3.05) is 0 Å². The van der Waals surface area contributed by atoms with Gasteiger partial charge in [0.05, 0.1) is 6.10 Å². The Labute approximate surface area is 110 Å². The van der Waals surface area contributed by atoms with Crippen LogP contribution in [0.2, 0.25) is 0 Å². The Balaban J connectivity index is 1.69. The van der Waals surface area contributed by atoms with Gasteiger partial charge in [0.2, 0.25) is 0 Å². The third kappa shape index (κ3) is 2.33. The molecule has 4 unspecified atom stereocenters. The van der Waals surface area contributed by atoms with E-state index in [1.807, 2.05) is 0 Å². The van der Waals surface area contributed by atoms with Gasteiger partial charge in [-0.15, -0.1) is 0 Å². The number of aliphatic hydroxyl groups is 1. The summed E-state index contributed by atoms with van der Waals surface area (Å²) in [5.41, 5.74) is 3.64. The van der Waals surface area contributed by atoms with E-state index in [2.05, 4.69) is 32.0 Å². The monoisotopic (exact) mass is 244 g/mol. The molecule has 1 nitrogen and oxygen atoms in total. The molecule has 0 heterocycles. The molecule has 3 rings (SSSR count). The second kappa shape index (κ2) is 4.70. The fourth-order valence-electron chi connectivity index (χ4n) is 4.29. The fraction of sp³-hybridized carbons (Fsp3) is 0.647. The van der Waals surface area contributed by atoms with Crippen molar-refractivity contribution in [1.82, 2.24) is 0 Å². The third-order valence-electron chi connectivity index (χ3n) is 5.04. The second-order valence-electron chi connectivity index (χ2n) is 6.61. The van der Waals surface area contributed by atoms with E-state index in [4.69, 9.17) is 0 Å². The first kappa shape index (κ1) is 12.2. The van der Waals surface area contributed by atoms with Gasteiger partial charge >= 0.3 is 0 Å². The van der Waals surface area contributed by atoms with Gasteiger partial charge in [-0.3, -0.25) is 0 Å². The van der Waals surface area contributed by atoms with Crippen molar-refractivity contribution in [3.05, 3.63) is 34.9 Å². The summed E-state index contributed by atoms with van der Waals surface area (Å²) in [5.74, 6) is 2.67. The predicted octanol–water partition coefficient (Wildman–Crippen LogP) is 4.16. The Hall–Kier alpha value is -0.820. The van der Waals surface area contributed by atoms with Crippen LogP contribution in [0.3, 0.4) is 0 Å². The zero-order valence-electron chi connectivity index (χ0n) is 11.5. The van der Waals surface area contributed by atoms with E-state index in [9.17, 15) is 5.11 Å². The van der Waals surface area contributed by atoms with E-state index in [1.165, 1.54) is 36.8 Å². The molecule has 0 aliphatic heterocycles. The molecule has 2 fully saturated rings. The van der Waals surface area contributed by atoms with Crippen molar-refractivity contribution < 1.29 is 5.11 Å². The summed E-state index contributed by atoms with van der Waals surface area (Å²) < 4.78 is 0. The summed E-state index contributed by atoms with van der Waals surface area (Å²) in [6.07, 6.45) is 6.38. The highest BCUT2D eigenvalue weighted by Gasteiger charge is 2.40. The summed E-state index contributed by atoms with van der Waals surface area (Å²) in [4.78, 5) is 0. The molecule has 2 saturated carbocycles. The van der Waals surface area contributed by atoms with Gasteiger partial charge in [0.1, 0.15) is 0 Å². The summed E-state index contributed by atoms with van der Waals surface area (Å²) in [6, 6.07) is 6.46. The van der Waals surface area contributed by atoms with Crippen LogP contribution in [0.1, 0.15) is 54.9 Å². The first-order chi connectivity index (χ1) is 8.61. The number of fused-ring (bicyclic) bond motifs is 2. The van der Waals surface area contributed by atoms with Crippen LogP contribution in [-0.4, -0.2) is 5.11 Å². The molecule has 1 aromatic carbocycles. The highest BCUT2D eigenvalue weighted by atomic mass is 16.3. The molecule has 4 atom stereocenters. The lowest BCUT2D eigenvalue weighted by molar-refractivity contribution is 0.125. The molecule has 0 spiro atoms. The minimum absolute atomic E-state index is 0.257. The van der Waals surface area contributed by atoms with Crippen molar-refractivity contribution in [3.8, 4) is 0 Å². The molecular weight excluding hydrogens is 220 g/mol. The lowest BCUT2D eigenvalue weighted by Gasteiger charge is -2.24. The topological polar surface area (TPSA) is 20.2 Å². The van der Waals surface area contributed by atoms with Crippen LogP contribution in [0.5, 0.6) is 0 Å². The SMILES string of the molecule is Cc1cc(C)cc(C(O)CC2CC3CCC2C3)c1. The molecule has 1 heteroatoms. The molecule has 18 heavy (non-hydrogen) atoms. The van der Waals surface area contributed by atoms with Crippen LogP contribution >= 0.6 is 0 Å². The Morgan fingerprint density at radius 3 is 2.39 bits per heavy atom. The van der Waals surface area contributed by atoms with Gasteiger partial charge < -0.3 is 5.11 Å². The van der Waals surface area contributed by atoms with E-state index >= 15 is 0 Å². The standard InChI is InChI=1S/C17H24O/c1-11-5-12(2)7-16(6-11)17(18)10-15-9-13-3-4-14(15)8-13/h5-7,13-15,17-18H,3-4,8-10H2,1-2H3. The van der Waals surface area contributed by atoms with Gasteiger partial charge in [0.15, 0.2) is 0 Å². The zero-order valence-corrected chi connectivity index (χ0v) is 11.5. The Morgan fingerprint density at radius 1 is 1.11 bits per heavy atom. The molecule has 0 aromatic heterocycles. The summed E-state index contributed by atoms with van der Waals surface area (Å²) in [6.45, 7) is 4.22. The van der Waals surface area contributed by atoms with E-state index in [-0.39, 0.29) is 6.10 Å². The minimum Gasteiger partial charge on any atom is -0.388 e. The van der Waals surface area contributed by atoms with Crippen LogP contribution in [0.25, 0.3) is 0 Å². The Bertz CT molecular complexity index is 417. The molecule has 0 saturated heterocycles. The average Bonchev–Trinajstić information content (AvgIpc) is 2.89. The molecular formula is C17H24O. The largest absolute Gasteiger partial charge is 0.388 e. The molecule has 2 aliphatic carbocycles. The lowest BCUT2D eigenvalue weighted by atomic mass is 9.83. The zero-order chi connectivity index (χ0) is 12.7. The number of benzene rings is 1. The first-order valence-corrected chi connectivity index (χ1v) is 7.38. The van der Waals surface area contributed by atoms with Crippen molar-refractivity contribution in [2.45, 2.75) is 52.1 Å². The van der Waals surface area contributed by atoms with Crippen molar-refractivity contribution in [1.29, 1.82) is 0 Å². The van der Waals surface area contributed by atoms with Crippen LogP contribution in [0.15, 0.2) is 18.2 Å². The van der Waals surface area contributed by atoms with Gasteiger partial charge in [-0.2, -0.15) is 0 Å². The summed E-state index contributed by atoms with van der Waals surface area (Å²) >= 11 is 0. The minimum atomic E-state index is -0.257.